The first-order valence-corrected chi connectivity index (χ1v) is 8.21. The number of amides is 2. The fourth-order valence-electron chi connectivity index (χ4n) is 3.18. The fraction of sp³-hybridized carbons (Fsp3) is 0.588. The minimum absolute atomic E-state index is 0.0377. The second kappa shape index (κ2) is 7.01. The van der Waals surface area contributed by atoms with Gasteiger partial charge in [-0.05, 0) is 31.9 Å². The van der Waals surface area contributed by atoms with E-state index in [1.807, 2.05) is 17.9 Å². The molecule has 3 rings (SSSR count). The summed E-state index contributed by atoms with van der Waals surface area (Å²) in [5.41, 5.74) is 1.23. The minimum Gasteiger partial charge on any atom is -0.376 e. The quantitative estimate of drug-likeness (QED) is 0.930. The van der Waals surface area contributed by atoms with Gasteiger partial charge in [-0.3, -0.25) is 0 Å². The number of hydrogen-bond acceptors (Lipinski definition) is 3. The Morgan fingerprint density at radius 2 is 1.95 bits per heavy atom. The van der Waals surface area contributed by atoms with Gasteiger partial charge in [0.25, 0.3) is 0 Å². The highest BCUT2D eigenvalue weighted by Crippen LogP contribution is 2.17. The summed E-state index contributed by atoms with van der Waals surface area (Å²) in [6.45, 7) is 6.14. The van der Waals surface area contributed by atoms with Crippen molar-refractivity contribution in [1.29, 1.82) is 0 Å². The Morgan fingerprint density at radius 3 is 2.59 bits per heavy atom. The summed E-state index contributed by atoms with van der Waals surface area (Å²) in [5.74, 6) is 0. The second-order valence-corrected chi connectivity index (χ2v) is 6.10. The molecule has 2 heterocycles. The monoisotopic (exact) mass is 303 g/mol. The Balaban J connectivity index is 1.47. The maximum Gasteiger partial charge on any atom is 0.317 e. The van der Waals surface area contributed by atoms with Gasteiger partial charge in [0.1, 0.15) is 0 Å². The Hall–Kier alpha value is -1.75. The Kier molecular flexibility index (Phi) is 4.83. The van der Waals surface area contributed by atoms with Crippen LogP contribution in [0.2, 0.25) is 0 Å². The normalized spacial score (nSPS) is 23.4. The van der Waals surface area contributed by atoms with Crippen molar-refractivity contribution < 1.29 is 9.53 Å². The van der Waals surface area contributed by atoms with Crippen LogP contribution in [0.15, 0.2) is 30.3 Å². The molecule has 0 unspecified atom stereocenters. The van der Waals surface area contributed by atoms with Crippen LogP contribution in [-0.2, 0) is 4.74 Å². The molecule has 0 spiro atoms. The smallest absolute Gasteiger partial charge is 0.317 e. The minimum atomic E-state index is 0.0377. The maximum absolute atomic E-state index is 12.3. The van der Waals surface area contributed by atoms with Crippen molar-refractivity contribution in [3.8, 4) is 0 Å². The van der Waals surface area contributed by atoms with Crippen molar-refractivity contribution in [2.45, 2.75) is 31.9 Å². The number of ether oxygens (including phenoxy) is 1. The molecule has 2 saturated heterocycles. The Bertz CT molecular complexity index is 480. The van der Waals surface area contributed by atoms with Gasteiger partial charge >= 0.3 is 6.03 Å². The van der Waals surface area contributed by atoms with Gasteiger partial charge in [-0.1, -0.05) is 18.2 Å². The molecule has 22 heavy (non-hydrogen) atoms. The average molecular weight is 303 g/mol. The predicted octanol–water partition coefficient (Wildman–Crippen LogP) is 2.09. The summed E-state index contributed by atoms with van der Waals surface area (Å²) in [6.07, 6.45) is 2.32. The molecule has 2 aliphatic rings. The van der Waals surface area contributed by atoms with Crippen LogP contribution in [-0.4, -0.2) is 55.9 Å². The van der Waals surface area contributed by atoms with Crippen LogP contribution < -0.4 is 10.2 Å². The zero-order chi connectivity index (χ0) is 15.4. The molecule has 2 aliphatic heterocycles. The first-order valence-electron chi connectivity index (χ1n) is 8.21. The van der Waals surface area contributed by atoms with E-state index in [0.29, 0.717) is 0 Å². The number of urea groups is 1. The highest BCUT2D eigenvalue weighted by molar-refractivity contribution is 5.75. The summed E-state index contributed by atoms with van der Waals surface area (Å²) < 4.78 is 5.64. The number of hydrogen-bond donors (Lipinski definition) is 1. The lowest BCUT2D eigenvalue weighted by molar-refractivity contribution is 0.0831. The molecule has 2 fully saturated rings. The molecule has 0 radical (unpaired) electrons. The molecule has 2 amide bonds. The first kappa shape index (κ1) is 15.2. The summed E-state index contributed by atoms with van der Waals surface area (Å²) in [4.78, 5) is 16.6. The van der Waals surface area contributed by atoms with Gasteiger partial charge in [0.2, 0.25) is 0 Å². The molecular weight excluding hydrogens is 278 g/mol. The van der Waals surface area contributed by atoms with Crippen LogP contribution in [0.1, 0.15) is 19.8 Å². The van der Waals surface area contributed by atoms with Gasteiger partial charge in [-0.15, -0.1) is 0 Å². The Labute approximate surface area is 132 Å². The highest BCUT2D eigenvalue weighted by Gasteiger charge is 2.27. The highest BCUT2D eigenvalue weighted by atomic mass is 16.5. The predicted molar refractivity (Wildman–Crippen MR) is 87.2 cm³/mol. The lowest BCUT2D eigenvalue weighted by Crippen LogP contribution is -2.54. The van der Waals surface area contributed by atoms with Crippen LogP contribution in [0.25, 0.3) is 0 Å². The van der Waals surface area contributed by atoms with E-state index in [-0.39, 0.29) is 18.2 Å². The third-order valence-electron chi connectivity index (χ3n) is 4.56. The van der Waals surface area contributed by atoms with Gasteiger partial charge in [0.05, 0.1) is 12.1 Å². The SMILES string of the molecule is C[C@@H](NC(=O)N1CCN(c2ccccc2)CC1)[C@@H]1CCCO1. The van der Waals surface area contributed by atoms with Crippen LogP contribution in [0.4, 0.5) is 10.5 Å². The van der Waals surface area contributed by atoms with E-state index in [9.17, 15) is 4.79 Å². The zero-order valence-electron chi connectivity index (χ0n) is 13.2. The summed E-state index contributed by atoms with van der Waals surface area (Å²) in [7, 11) is 0. The van der Waals surface area contributed by atoms with Gasteiger partial charge in [0.15, 0.2) is 0 Å². The van der Waals surface area contributed by atoms with E-state index in [1.54, 1.807) is 0 Å². The average Bonchev–Trinajstić information content (AvgIpc) is 3.10. The number of carbonyl (C=O) groups excluding carboxylic acids is 1. The molecule has 2 atom stereocenters. The van der Waals surface area contributed by atoms with Crippen molar-refractivity contribution in [2.24, 2.45) is 0 Å². The van der Waals surface area contributed by atoms with Crippen LogP contribution in [0.5, 0.6) is 0 Å². The van der Waals surface area contributed by atoms with Gasteiger partial charge in [0, 0.05) is 38.5 Å². The number of benzene rings is 1. The van der Waals surface area contributed by atoms with Crippen LogP contribution >= 0.6 is 0 Å². The van der Waals surface area contributed by atoms with Crippen molar-refractivity contribution in [3.05, 3.63) is 30.3 Å². The molecule has 0 aromatic heterocycles. The molecule has 5 heteroatoms. The molecule has 1 aromatic carbocycles. The summed E-state index contributed by atoms with van der Waals surface area (Å²) in [5, 5.41) is 3.09. The number of anilines is 1. The molecule has 0 bridgehead atoms. The molecular formula is C17H25N3O2. The van der Waals surface area contributed by atoms with Crippen LogP contribution in [0, 0.1) is 0 Å². The number of carbonyl (C=O) groups is 1. The van der Waals surface area contributed by atoms with E-state index in [0.717, 1.165) is 45.6 Å². The van der Waals surface area contributed by atoms with Gasteiger partial charge in [-0.25, -0.2) is 4.79 Å². The van der Waals surface area contributed by atoms with E-state index in [1.165, 1.54) is 5.69 Å². The largest absolute Gasteiger partial charge is 0.376 e. The number of piperazine rings is 1. The molecule has 120 valence electrons. The second-order valence-electron chi connectivity index (χ2n) is 6.10. The first-order chi connectivity index (χ1) is 10.7. The van der Waals surface area contributed by atoms with E-state index in [2.05, 4.69) is 34.5 Å². The molecule has 0 aliphatic carbocycles. The third kappa shape index (κ3) is 3.53. The maximum atomic E-state index is 12.3. The fourth-order valence-corrected chi connectivity index (χ4v) is 3.18. The number of nitrogens with one attached hydrogen (secondary N) is 1. The summed E-state index contributed by atoms with van der Waals surface area (Å²) >= 11 is 0. The van der Waals surface area contributed by atoms with E-state index < -0.39 is 0 Å². The number of nitrogens with zero attached hydrogens (tertiary/aromatic N) is 2. The zero-order valence-corrected chi connectivity index (χ0v) is 13.2. The standard InChI is InChI=1S/C17H25N3O2/c1-14(16-8-5-13-22-16)18-17(21)20-11-9-19(10-12-20)15-6-3-2-4-7-15/h2-4,6-7,14,16H,5,8-13H2,1H3,(H,18,21)/t14-,16+/m1/s1. The number of para-hydroxylation sites is 1. The molecule has 0 saturated carbocycles. The Morgan fingerprint density at radius 1 is 1.23 bits per heavy atom. The van der Waals surface area contributed by atoms with E-state index in [4.69, 9.17) is 4.74 Å². The number of rotatable bonds is 3. The molecule has 1 N–H and O–H groups in total. The summed E-state index contributed by atoms with van der Waals surface area (Å²) in [6, 6.07) is 10.5. The van der Waals surface area contributed by atoms with Crippen molar-refractivity contribution in [1.82, 2.24) is 10.2 Å². The molecule has 5 nitrogen and oxygen atoms in total. The van der Waals surface area contributed by atoms with Crippen molar-refractivity contribution in [2.75, 3.05) is 37.7 Å². The van der Waals surface area contributed by atoms with Crippen molar-refractivity contribution in [3.63, 3.8) is 0 Å². The van der Waals surface area contributed by atoms with Crippen molar-refractivity contribution >= 4 is 11.7 Å². The van der Waals surface area contributed by atoms with Gasteiger partial charge in [-0.2, -0.15) is 0 Å². The van der Waals surface area contributed by atoms with Gasteiger partial charge < -0.3 is 19.9 Å². The lowest BCUT2D eigenvalue weighted by Gasteiger charge is -2.36. The van der Waals surface area contributed by atoms with Crippen LogP contribution in [0.3, 0.4) is 0 Å². The lowest BCUT2D eigenvalue weighted by atomic mass is 10.1. The topological polar surface area (TPSA) is 44.8 Å². The third-order valence-corrected chi connectivity index (χ3v) is 4.56. The molecule has 1 aromatic rings. The van der Waals surface area contributed by atoms with E-state index >= 15 is 0 Å².